The van der Waals surface area contributed by atoms with Gasteiger partial charge in [-0.25, -0.2) is 0 Å². The van der Waals surface area contributed by atoms with E-state index in [-0.39, 0.29) is 5.91 Å². The van der Waals surface area contributed by atoms with Gasteiger partial charge in [0.05, 0.1) is 0 Å². The Hall–Kier alpha value is -1.01. The van der Waals surface area contributed by atoms with Gasteiger partial charge in [-0.1, -0.05) is 0 Å². The van der Waals surface area contributed by atoms with Crippen molar-refractivity contribution in [2.24, 2.45) is 5.92 Å². The molecule has 0 saturated carbocycles. The molecule has 15 heavy (non-hydrogen) atoms. The van der Waals surface area contributed by atoms with Gasteiger partial charge in [0.1, 0.15) is 0 Å². The number of hydrogen-bond donors (Lipinski definition) is 2. The van der Waals surface area contributed by atoms with Crippen molar-refractivity contribution in [3.63, 3.8) is 0 Å². The number of hydrogen-bond acceptors (Lipinski definition) is 2. The zero-order valence-corrected chi connectivity index (χ0v) is 9.22. The van der Waals surface area contributed by atoms with Crippen molar-refractivity contribution in [2.75, 3.05) is 19.6 Å². The first-order chi connectivity index (χ1) is 7.33. The molecule has 0 spiro atoms. The van der Waals surface area contributed by atoms with E-state index in [9.17, 15) is 4.79 Å². The maximum Gasteiger partial charge on any atom is 0.220 e. The SMILES string of the molecule is C#CCCCNC(=O)CC1CCNCC1. The molecular weight excluding hydrogens is 188 g/mol. The molecule has 1 fully saturated rings. The lowest BCUT2D eigenvalue weighted by molar-refractivity contribution is -0.122. The van der Waals surface area contributed by atoms with Crippen LogP contribution >= 0.6 is 0 Å². The minimum absolute atomic E-state index is 0.180. The van der Waals surface area contributed by atoms with Crippen molar-refractivity contribution in [3.8, 4) is 12.3 Å². The zero-order valence-electron chi connectivity index (χ0n) is 9.22. The fraction of sp³-hybridized carbons (Fsp3) is 0.750. The van der Waals surface area contributed by atoms with Crippen LogP contribution in [0.3, 0.4) is 0 Å². The number of carbonyl (C=O) groups is 1. The zero-order chi connectivity index (χ0) is 10.9. The Morgan fingerprint density at radius 1 is 1.47 bits per heavy atom. The Balaban J connectivity index is 2.04. The largest absolute Gasteiger partial charge is 0.356 e. The van der Waals surface area contributed by atoms with Gasteiger partial charge in [0, 0.05) is 19.4 Å². The van der Waals surface area contributed by atoms with Crippen LogP contribution < -0.4 is 10.6 Å². The topological polar surface area (TPSA) is 41.1 Å². The molecule has 3 heteroatoms. The molecule has 84 valence electrons. The molecule has 0 bridgehead atoms. The summed E-state index contributed by atoms with van der Waals surface area (Å²) in [6.07, 6.45) is 9.68. The summed E-state index contributed by atoms with van der Waals surface area (Å²) in [5, 5.41) is 6.20. The highest BCUT2D eigenvalue weighted by Gasteiger charge is 2.15. The first-order valence-corrected chi connectivity index (χ1v) is 5.74. The van der Waals surface area contributed by atoms with Crippen LogP contribution in [0.4, 0.5) is 0 Å². The second-order valence-corrected chi connectivity index (χ2v) is 4.06. The van der Waals surface area contributed by atoms with Crippen LogP contribution in [-0.4, -0.2) is 25.5 Å². The summed E-state index contributed by atoms with van der Waals surface area (Å²) >= 11 is 0. The number of unbranched alkanes of at least 4 members (excludes halogenated alkanes) is 1. The molecule has 1 amide bonds. The molecule has 0 aromatic heterocycles. The normalized spacial score (nSPS) is 17.0. The molecule has 0 aromatic rings. The predicted octanol–water partition coefficient (Wildman–Crippen LogP) is 0.906. The number of nitrogens with one attached hydrogen (secondary N) is 2. The molecule has 0 unspecified atom stereocenters. The van der Waals surface area contributed by atoms with Crippen molar-refractivity contribution in [1.82, 2.24) is 10.6 Å². The summed E-state index contributed by atoms with van der Waals surface area (Å²) < 4.78 is 0. The number of terminal acetylenes is 1. The summed E-state index contributed by atoms with van der Waals surface area (Å²) in [6, 6.07) is 0. The Morgan fingerprint density at radius 3 is 2.87 bits per heavy atom. The van der Waals surface area contributed by atoms with E-state index in [0.29, 0.717) is 18.9 Å². The van der Waals surface area contributed by atoms with Crippen LogP contribution in [-0.2, 0) is 4.79 Å². The highest BCUT2D eigenvalue weighted by Crippen LogP contribution is 2.15. The minimum atomic E-state index is 0.180. The Morgan fingerprint density at radius 2 is 2.20 bits per heavy atom. The summed E-state index contributed by atoms with van der Waals surface area (Å²) in [5.74, 6) is 3.31. The molecule has 0 aliphatic carbocycles. The maximum absolute atomic E-state index is 11.5. The van der Waals surface area contributed by atoms with Crippen LogP contribution in [0, 0.1) is 18.3 Å². The standard InChI is InChI=1S/C12H20N2O/c1-2-3-4-7-14-12(15)10-11-5-8-13-9-6-11/h1,11,13H,3-10H2,(H,14,15). The molecule has 1 saturated heterocycles. The molecule has 1 aliphatic rings. The van der Waals surface area contributed by atoms with Crippen LogP contribution in [0.25, 0.3) is 0 Å². The third-order valence-electron chi connectivity index (χ3n) is 2.75. The van der Waals surface area contributed by atoms with Crippen molar-refractivity contribution < 1.29 is 4.79 Å². The first kappa shape index (κ1) is 12.1. The number of carbonyl (C=O) groups excluding carboxylic acids is 1. The van der Waals surface area contributed by atoms with Gasteiger partial charge in [0.2, 0.25) is 5.91 Å². The summed E-state index contributed by atoms with van der Waals surface area (Å²) in [7, 11) is 0. The molecule has 1 heterocycles. The van der Waals surface area contributed by atoms with Crippen LogP contribution in [0.1, 0.15) is 32.1 Å². The highest BCUT2D eigenvalue weighted by molar-refractivity contribution is 5.76. The van der Waals surface area contributed by atoms with E-state index in [1.165, 1.54) is 0 Å². The Labute approximate surface area is 92.0 Å². The van der Waals surface area contributed by atoms with Gasteiger partial charge in [-0.3, -0.25) is 4.79 Å². The predicted molar refractivity (Wildman–Crippen MR) is 61.3 cm³/mol. The third-order valence-corrected chi connectivity index (χ3v) is 2.75. The van der Waals surface area contributed by atoms with Crippen LogP contribution in [0.5, 0.6) is 0 Å². The molecule has 0 atom stereocenters. The van der Waals surface area contributed by atoms with Gasteiger partial charge < -0.3 is 10.6 Å². The van der Waals surface area contributed by atoms with Crippen molar-refractivity contribution in [3.05, 3.63) is 0 Å². The van der Waals surface area contributed by atoms with Crippen molar-refractivity contribution in [2.45, 2.75) is 32.1 Å². The van der Waals surface area contributed by atoms with E-state index in [1.54, 1.807) is 0 Å². The summed E-state index contributed by atoms with van der Waals surface area (Å²) in [5.41, 5.74) is 0. The van der Waals surface area contributed by atoms with Crippen LogP contribution in [0.15, 0.2) is 0 Å². The molecule has 1 aliphatic heterocycles. The molecule has 0 aromatic carbocycles. The van der Waals surface area contributed by atoms with Gasteiger partial charge in [0.15, 0.2) is 0 Å². The van der Waals surface area contributed by atoms with E-state index in [1.807, 2.05) is 0 Å². The molecule has 3 nitrogen and oxygen atoms in total. The van der Waals surface area contributed by atoms with Gasteiger partial charge in [-0.05, 0) is 38.3 Å². The number of amides is 1. The third kappa shape index (κ3) is 5.44. The van der Waals surface area contributed by atoms with Gasteiger partial charge in [-0.2, -0.15) is 0 Å². The Kier molecular flexibility index (Phi) is 5.87. The van der Waals surface area contributed by atoms with Crippen LogP contribution in [0.2, 0.25) is 0 Å². The molecule has 1 rings (SSSR count). The lowest BCUT2D eigenvalue weighted by Gasteiger charge is -2.21. The Bertz CT molecular complexity index is 226. The summed E-state index contributed by atoms with van der Waals surface area (Å²) in [6.45, 7) is 2.82. The van der Waals surface area contributed by atoms with Crippen molar-refractivity contribution in [1.29, 1.82) is 0 Å². The first-order valence-electron chi connectivity index (χ1n) is 5.74. The lowest BCUT2D eigenvalue weighted by atomic mass is 9.94. The van der Waals surface area contributed by atoms with Gasteiger partial charge in [0.25, 0.3) is 0 Å². The van der Waals surface area contributed by atoms with Crippen molar-refractivity contribution >= 4 is 5.91 Å². The lowest BCUT2D eigenvalue weighted by Crippen LogP contribution is -2.32. The van der Waals surface area contributed by atoms with E-state index < -0.39 is 0 Å². The monoisotopic (exact) mass is 208 g/mol. The van der Waals surface area contributed by atoms with Gasteiger partial charge >= 0.3 is 0 Å². The average Bonchev–Trinajstić information content (AvgIpc) is 2.26. The van der Waals surface area contributed by atoms with E-state index in [2.05, 4.69) is 16.6 Å². The molecule has 0 radical (unpaired) electrons. The fourth-order valence-electron chi connectivity index (χ4n) is 1.84. The fourth-order valence-corrected chi connectivity index (χ4v) is 1.84. The van der Waals surface area contributed by atoms with E-state index in [4.69, 9.17) is 6.42 Å². The number of rotatable bonds is 5. The second-order valence-electron chi connectivity index (χ2n) is 4.06. The smallest absolute Gasteiger partial charge is 0.220 e. The maximum atomic E-state index is 11.5. The minimum Gasteiger partial charge on any atom is -0.356 e. The second kappa shape index (κ2) is 7.30. The van der Waals surface area contributed by atoms with E-state index >= 15 is 0 Å². The highest BCUT2D eigenvalue weighted by atomic mass is 16.1. The molecular formula is C12H20N2O. The molecule has 2 N–H and O–H groups in total. The average molecular weight is 208 g/mol. The number of piperidine rings is 1. The summed E-state index contributed by atoms with van der Waals surface area (Å²) in [4.78, 5) is 11.5. The quantitative estimate of drug-likeness (QED) is 0.521. The van der Waals surface area contributed by atoms with Gasteiger partial charge in [-0.15, -0.1) is 12.3 Å². The van der Waals surface area contributed by atoms with E-state index in [0.717, 1.165) is 38.8 Å².